The van der Waals surface area contributed by atoms with Gasteiger partial charge in [0.25, 0.3) is 0 Å². The van der Waals surface area contributed by atoms with Crippen molar-refractivity contribution in [2.24, 2.45) is 5.73 Å². The molecular formula is C13H15BrClN3O. The summed E-state index contributed by atoms with van der Waals surface area (Å²) in [7, 11) is 0. The Morgan fingerprint density at radius 2 is 2.26 bits per heavy atom. The van der Waals surface area contributed by atoms with Gasteiger partial charge in [0.1, 0.15) is 5.82 Å². The van der Waals surface area contributed by atoms with Crippen molar-refractivity contribution in [1.29, 1.82) is 0 Å². The van der Waals surface area contributed by atoms with E-state index in [4.69, 9.17) is 17.3 Å². The Morgan fingerprint density at radius 3 is 2.95 bits per heavy atom. The van der Waals surface area contributed by atoms with Gasteiger partial charge in [0.15, 0.2) is 0 Å². The molecule has 2 rings (SSSR count). The van der Waals surface area contributed by atoms with Gasteiger partial charge >= 0.3 is 0 Å². The zero-order valence-electron chi connectivity index (χ0n) is 10.4. The number of aromatic nitrogens is 2. The average Bonchev–Trinajstić information content (AvgIpc) is 2.66. The van der Waals surface area contributed by atoms with Gasteiger partial charge in [-0.15, -0.1) is 11.6 Å². The molecule has 102 valence electrons. The maximum atomic E-state index is 10.8. The zero-order chi connectivity index (χ0) is 13.8. The van der Waals surface area contributed by atoms with Crippen molar-refractivity contribution in [2.45, 2.75) is 25.8 Å². The van der Waals surface area contributed by atoms with Crippen molar-refractivity contribution in [3.8, 4) is 0 Å². The molecule has 0 bridgehead atoms. The maximum absolute atomic E-state index is 10.8. The molecule has 1 aromatic heterocycles. The quantitative estimate of drug-likeness (QED) is 0.819. The predicted octanol–water partition coefficient (Wildman–Crippen LogP) is 2.85. The minimum atomic E-state index is -0.272. The summed E-state index contributed by atoms with van der Waals surface area (Å²) in [5, 5.41) is 0. The zero-order valence-corrected chi connectivity index (χ0v) is 12.7. The molecule has 0 unspecified atom stereocenters. The Balaban J connectivity index is 2.31. The van der Waals surface area contributed by atoms with Gasteiger partial charge in [0, 0.05) is 29.7 Å². The summed E-state index contributed by atoms with van der Waals surface area (Å²) in [5.74, 6) is 1.21. The van der Waals surface area contributed by atoms with Crippen LogP contribution in [0, 0.1) is 0 Å². The number of imidazole rings is 1. The number of hydrogen-bond donors (Lipinski definition) is 1. The monoisotopic (exact) mass is 343 g/mol. The van der Waals surface area contributed by atoms with Crippen LogP contribution in [0.1, 0.15) is 18.7 Å². The molecule has 1 heterocycles. The third-order valence-corrected chi connectivity index (χ3v) is 3.59. The van der Waals surface area contributed by atoms with Crippen LogP contribution in [0.5, 0.6) is 0 Å². The van der Waals surface area contributed by atoms with Crippen molar-refractivity contribution < 1.29 is 4.79 Å². The lowest BCUT2D eigenvalue weighted by Gasteiger charge is -2.07. The van der Waals surface area contributed by atoms with Gasteiger partial charge in [0.05, 0.1) is 11.0 Å². The number of fused-ring (bicyclic) bond motifs is 1. The number of hydrogen-bond acceptors (Lipinski definition) is 2. The van der Waals surface area contributed by atoms with Gasteiger partial charge in [-0.25, -0.2) is 4.98 Å². The van der Waals surface area contributed by atoms with Gasteiger partial charge in [0.2, 0.25) is 5.91 Å². The molecule has 0 aliphatic carbocycles. The first-order valence-electron chi connectivity index (χ1n) is 6.10. The molecule has 0 saturated carbocycles. The largest absolute Gasteiger partial charge is 0.370 e. The summed E-state index contributed by atoms with van der Waals surface area (Å²) in [6.07, 6.45) is 1.81. The van der Waals surface area contributed by atoms with Crippen LogP contribution >= 0.6 is 27.5 Å². The Kier molecular flexibility index (Phi) is 4.82. The lowest BCUT2D eigenvalue weighted by molar-refractivity contribution is -0.118. The molecule has 1 aromatic carbocycles. The SMILES string of the molecule is NC(=O)CCCn1c(CCCl)nc2cc(Br)ccc21. The first kappa shape index (κ1) is 14.3. The Hall–Kier alpha value is -1.07. The fraction of sp³-hybridized carbons (Fsp3) is 0.385. The van der Waals surface area contributed by atoms with Crippen LogP contribution in [0.3, 0.4) is 0 Å². The van der Waals surface area contributed by atoms with E-state index < -0.39 is 0 Å². The second-order valence-electron chi connectivity index (χ2n) is 4.32. The number of carbonyl (C=O) groups is 1. The minimum absolute atomic E-state index is 0.272. The Labute approximate surface area is 125 Å². The highest BCUT2D eigenvalue weighted by Gasteiger charge is 2.10. The summed E-state index contributed by atoms with van der Waals surface area (Å²) in [5.41, 5.74) is 7.17. The number of benzene rings is 1. The molecule has 0 fully saturated rings. The topological polar surface area (TPSA) is 60.9 Å². The summed E-state index contributed by atoms with van der Waals surface area (Å²) in [6, 6.07) is 5.99. The van der Waals surface area contributed by atoms with Crippen molar-refractivity contribution in [3.05, 3.63) is 28.5 Å². The lowest BCUT2D eigenvalue weighted by atomic mass is 10.2. The molecule has 1 amide bonds. The van der Waals surface area contributed by atoms with Crippen molar-refractivity contribution in [2.75, 3.05) is 5.88 Å². The Bertz CT molecular complexity index is 597. The lowest BCUT2D eigenvalue weighted by Crippen LogP contribution is -2.12. The van der Waals surface area contributed by atoms with Gasteiger partial charge in [-0.1, -0.05) is 15.9 Å². The molecule has 0 aliphatic rings. The summed E-state index contributed by atoms with van der Waals surface area (Å²) in [6.45, 7) is 0.729. The number of halogens is 2. The van der Waals surface area contributed by atoms with Crippen molar-refractivity contribution in [1.82, 2.24) is 9.55 Å². The van der Waals surface area contributed by atoms with Gasteiger partial charge in [-0.2, -0.15) is 0 Å². The van der Waals surface area contributed by atoms with Crippen molar-refractivity contribution >= 4 is 44.5 Å². The minimum Gasteiger partial charge on any atom is -0.370 e. The molecule has 0 aliphatic heterocycles. The van der Waals surface area contributed by atoms with Crippen molar-refractivity contribution in [3.63, 3.8) is 0 Å². The van der Waals surface area contributed by atoms with Gasteiger partial charge in [-0.3, -0.25) is 4.79 Å². The summed E-state index contributed by atoms with van der Waals surface area (Å²) < 4.78 is 3.12. The van der Waals surface area contributed by atoms with Crippen LogP contribution < -0.4 is 5.73 Å². The average molecular weight is 345 g/mol. The molecule has 2 aromatic rings. The number of amides is 1. The molecule has 19 heavy (non-hydrogen) atoms. The van der Waals surface area contributed by atoms with Crippen LogP contribution in [0.2, 0.25) is 0 Å². The number of nitrogens with two attached hydrogens (primary N) is 1. The molecule has 0 saturated heterocycles. The first-order chi connectivity index (χ1) is 9.11. The molecule has 6 heteroatoms. The molecule has 2 N–H and O–H groups in total. The van der Waals surface area contributed by atoms with E-state index in [1.54, 1.807) is 0 Å². The van der Waals surface area contributed by atoms with Crippen LogP contribution in [0.15, 0.2) is 22.7 Å². The van der Waals surface area contributed by atoms with E-state index >= 15 is 0 Å². The highest BCUT2D eigenvalue weighted by Crippen LogP contribution is 2.22. The van der Waals surface area contributed by atoms with E-state index in [2.05, 4.69) is 25.5 Å². The summed E-state index contributed by atoms with van der Waals surface area (Å²) in [4.78, 5) is 15.4. The number of alkyl halides is 1. The van der Waals surface area contributed by atoms with E-state index in [1.165, 1.54) is 0 Å². The van der Waals surface area contributed by atoms with Gasteiger partial charge in [-0.05, 0) is 24.6 Å². The highest BCUT2D eigenvalue weighted by atomic mass is 79.9. The standard InChI is InChI=1S/C13H15BrClN3O/c14-9-3-4-11-10(8-9)17-13(5-6-15)18(11)7-1-2-12(16)19/h3-4,8H,1-2,5-7H2,(H2,16,19). The first-order valence-corrected chi connectivity index (χ1v) is 7.43. The number of carbonyl (C=O) groups excluding carboxylic acids is 1. The third kappa shape index (κ3) is 3.48. The van der Waals surface area contributed by atoms with Crippen LogP contribution in [0.4, 0.5) is 0 Å². The van der Waals surface area contributed by atoms with Crippen LogP contribution in [0.25, 0.3) is 11.0 Å². The van der Waals surface area contributed by atoms with Crippen LogP contribution in [-0.2, 0) is 17.8 Å². The van der Waals surface area contributed by atoms with E-state index in [0.29, 0.717) is 25.1 Å². The molecule has 4 nitrogen and oxygen atoms in total. The second kappa shape index (κ2) is 6.39. The maximum Gasteiger partial charge on any atom is 0.217 e. The molecule has 0 spiro atoms. The highest BCUT2D eigenvalue weighted by molar-refractivity contribution is 9.10. The second-order valence-corrected chi connectivity index (χ2v) is 5.62. The number of aryl methyl sites for hydroxylation is 2. The van der Waals surface area contributed by atoms with Gasteiger partial charge < -0.3 is 10.3 Å². The predicted molar refractivity (Wildman–Crippen MR) is 80.3 cm³/mol. The number of nitrogens with zero attached hydrogens (tertiary/aromatic N) is 2. The summed E-state index contributed by atoms with van der Waals surface area (Å²) >= 11 is 9.26. The normalized spacial score (nSPS) is 11.1. The van der Waals surface area contributed by atoms with E-state index in [-0.39, 0.29) is 5.91 Å². The van der Waals surface area contributed by atoms with E-state index in [9.17, 15) is 4.79 Å². The molecule has 0 atom stereocenters. The fourth-order valence-electron chi connectivity index (χ4n) is 2.09. The number of primary amides is 1. The third-order valence-electron chi connectivity index (χ3n) is 2.91. The number of rotatable bonds is 6. The Morgan fingerprint density at radius 1 is 1.47 bits per heavy atom. The smallest absolute Gasteiger partial charge is 0.217 e. The fourth-order valence-corrected chi connectivity index (χ4v) is 2.61. The molecular weight excluding hydrogens is 330 g/mol. The molecule has 0 radical (unpaired) electrons. The van der Waals surface area contributed by atoms with Crippen LogP contribution in [-0.4, -0.2) is 21.3 Å². The van der Waals surface area contributed by atoms with E-state index in [0.717, 1.165) is 27.9 Å². The van der Waals surface area contributed by atoms with E-state index in [1.807, 2.05) is 18.2 Å².